The average molecular weight is 229 g/mol. The van der Waals surface area contributed by atoms with E-state index in [1.807, 2.05) is 0 Å². The first-order valence-electron chi connectivity index (χ1n) is 7.23. The Morgan fingerprint density at radius 3 is 2.35 bits per heavy atom. The smallest absolute Gasteiger partial charge is 0.0375 e. The molecule has 92 valence electrons. The fraction of sp³-hybridized carbons (Fsp3) is 0.625. The second kappa shape index (κ2) is 4.72. The van der Waals surface area contributed by atoms with Crippen LogP contribution in [0.25, 0.3) is 0 Å². The van der Waals surface area contributed by atoms with Gasteiger partial charge in [0.25, 0.3) is 0 Å². The van der Waals surface area contributed by atoms with E-state index in [9.17, 15) is 0 Å². The molecule has 2 aliphatic rings. The number of nitrogens with one attached hydrogen (secondary N) is 1. The highest BCUT2D eigenvalue weighted by atomic mass is 15.0. The summed E-state index contributed by atoms with van der Waals surface area (Å²) in [7, 11) is 0. The molecule has 0 atom stereocenters. The monoisotopic (exact) mass is 229 g/mol. The highest BCUT2D eigenvalue weighted by Gasteiger charge is 2.41. The van der Waals surface area contributed by atoms with Crippen LogP contribution in [-0.2, 0) is 6.42 Å². The summed E-state index contributed by atoms with van der Waals surface area (Å²) in [4.78, 5) is 0. The van der Waals surface area contributed by atoms with Crippen molar-refractivity contribution >= 4 is 5.69 Å². The predicted octanol–water partition coefficient (Wildman–Crippen LogP) is 4.24. The molecule has 3 rings (SSSR count). The minimum absolute atomic E-state index is 0.771. The largest absolute Gasteiger partial charge is 0.382 e. The summed E-state index contributed by atoms with van der Waals surface area (Å²) in [6.45, 7) is 2.26. The lowest BCUT2D eigenvalue weighted by molar-refractivity contribution is 0.567. The Morgan fingerprint density at radius 2 is 1.76 bits per heavy atom. The molecule has 17 heavy (non-hydrogen) atoms. The normalized spacial score (nSPS) is 19.6. The van der Waals surface area contributed by atoms with E-state index < -0.39 is 0 Å². The van der Waals surface area contributed by atoms with Crippen LogP contribution in [0.5, 0.6) is 0 Å². The molecule has 0 spiro atoms. The van der Waals surface area contributed by atoms with Gasteiger partial charge in [0.05, 0.1) is 0 Å². The van der Waals surface area contributed by atoms with Crippen molar-refractivity contribution in [1.82, 2.24) is 0 Å². The minimum Gasteiger partial charge on any atom is -0.382 e. The van der Waals surface area contributed by atoms with E-state index in [-0.39, 0.29) is 0 Å². The number of aryl methyl sites for hydroxylation is 1. The topological polar surface area (TPSA) is 12.0 Å². The molecule has 0 unspecified atom stereocenters. The Labute approximate surface area is 105 Å². The Balaban J connectivity index is 1.73. The van der Waals surface area contributed by atoms with E-state index in [0.29, 0.717) is 0 Å². The second-order valence-corrected chi connectivity index (χ2v) is 5.75. The van der Waals surface area contributed by atoms with Crippen LogP contribution in [0.2, 0.25) is 0 Å². The summed E-state index contributed by atoms with van der Waals surface area (Å²) in [5.74, 6) is 1.94. The third-order valence-corrected chi connectivity index (χ3v) is 4.12. The van der Waals surface area contributed by atoms with Crippen molar-refractivity contribution in [2.75, 3.05) is 5.32 Å². The Hall–Kier alpha value is -0.980. The fourth-order valence-corrected chi connectivity index (χ4v) is 2.86. The molecule has 2 saturated carbocycles. The molecule has 1 N–H and O–H groups in total. The van der Waals surface area contributed by atoms with Crippen LogP contribution in [0.15, 0.2) is 24.3 Å². The highest BCUT2D eigenvalue weighted by molar-refractivity contribution is 5.52. The lowest BCUT2D eigenvalue weighted by atomic mass is 10.0. The van der Waals surface area contributed by atoms with E-state index in [1.165, 1.54) is 49.8 Å². The van der Waals surface area contributed by atoms with Crippen molar-refractivity contribution in [2.45, 2.75) is 51.5 Å². The molecule has 1 aromatic rings. The van der Waals surface area contributed by atoms with Crippen LogP contribution in [0, 0.1) is 11.8 Å². The molecule has 1 nitrogen and oxygen atoms in total. The van der Waals surface area contributed by atoms with Gasteiger partial charge in [0.2, 0.25) is 0 Å². The summed E-state index contributed by atoms with van der Waals surface area (Å²) in [5, 5.41) is 3.86. The Bertz CT molecular complexity index is 365. The van der Waals surface area contributed by atoms with Crippen molar-refractivity contribution in [2.24, 2.45) is 11.8 Å². The predicted molar refractivity (Wildman–Crippen MR) is 73.3 cm³/mol. The van der Waals surface area contributed by atoms with Gasteiger partial charge < -0.3 is 5.32 Å². The minimum atomic E-state index is 0.771. The summed E-state index contributed by atoms with van der Waals surface area (Å²) >= 11 is 0. The van der Waals surface area contributed by atoms with E-state index in [0.717, 1.165) is 17.9 Å². The van der Waals surface area contributed by atoms with Crippen LogP contribution in [0.3, 0.4) is 0 Å². The third kappa shape index (κ3) is 2.65. The number of anilines is 1. The molecular formula is C16H23N. The molecule has 2 fully saturated rings. The average Bonchev–Trinajstić information content (AvgIpc) is 3.21. The number of hydrogen-bond acceptors (Lipinski definition) is 1. The van der Waals surface area contributed by atoms with Crippen LogP contribution in [0.1, 0.15) is 44.6 Å². The Kier molecular flexibility index (Phi) is 3.09. The lowest BCUT2D eigenvalue weighted by Gasteiger charge is -2.21. The van der Waals surface area contributed by atoms with E-state index in [1.54, 1.807) is 0 Å². The van der Waals surface area contributed by atoms with Gasteiger partial charge in [-0.2, -0.15) is 0 Å². The van der Waals surface area contributed by atoms with Crippen LogP contribution in [-0.4, -0.2) is 6.04 Å². The molecule has 0 aromatic heterocycles. The van der Waals surface area contributed by atoms with Gasteiger partial charge in [-0.15, -0.1) is 0 Å². The van der Waals surface area contributed by atoms with Crippen molar-refractivity contribution in [3.05, 3.63) is 29.8 Å². The lowest BCUT2D eigenvalue weighted by Crippen LogP contribution is -2.24. The maximum atomic E-state index is 3.86. The maximum absolute atomic E-state index is 3.86. The third-order valence-electron chi connectivity index (χ3n) is 4.12. The van der Waals surface area contributed by atoms with E-state index in [2.05, 4.69) is 36.5 Å². The molecule has 0 saturated heterocycles. The van der Waals surface area contributed by atoms with Crippen molar-refractivity contribution in [1.29, 1.82) is 0 Å². The first-order chi connectivity index (χ1) is 8.38. The number of benzene rings is 1. The van der Waals surface area contributed by atoms with Gasteiger partial charge in [-0.05, 0) is 55.6 Å². The molecule has 0 aliphatic heterocycles. The standard InChI is InChI=1S/C16H23N/c1-2-5-12-6-3-4-7-15(12)17-16(13-8-9-13)14-10-11-14/h3-4,6-7,13-14,16-17H,2,5,8-11H2,1H3. The van der Waals surface area contributed by atoms with Crippen LogP contribution < -0.4 is 5.32 Å². The molecule has 0 heterocycles. The van der Waals surface area contributed by atoms with Crippen molar-refractivity contribution in [3.8, 4) is 0 Å². The summed E-state index contributed by atoms with van der Waals surface area (Å²) < 4.78 is 0. The van der Waals surface area contributed by atoms with Crippen LogP contribution >= 0.6 is 0 Å². The molecule has 2 aliphatic carbocycles. The molecule has 0 radical (unpaired) electrons. The molecule has 0 bridgehead atoms. The zero-order valence-corrected chi connectivity index (χ0v) is 10.8. The van der Waals surface area contributed by atoms with Crippen LogP contribution in [0.4, 0.5) is 5.69 Å². The van der Waals surface area contributed by atoms with Gasteiger partial charge in [0.1, 0.15) is 0 Å². The molecule has 1 aromatic carbocycles. The van der Waals surface area contributed by atoms with Gasteiger partial charge in [-0.1, -0.05) is 31.5 Å². The van der Waals surface area contributed by atoms with Crippen molar-refractivity contribution in [3.63, 3.8) is 0 Å². The molecular weight excluding hydrogens is 206 g/mol. The summed E-state index contributed by atoms with van der Waals surface area (Å²) in [5.41, 5.74) is 2.90. The van der Waals surface area contributed by atoms with E-state index in [4.69, 9.17) is 0 Å². The van der Waals surface area contributed by atoms with Gasteiger partial charge in [-0.25, -0.2) is 0 Å². The van der Waals surface area contributed by atoms with Crippen molar-refractivity contribution < 1.29 is 0 Å². The number of rotatable bonds is 6. The first kappa shape index (κ1) is 11.1. The maximum Gasteiger partial charge on any atom is 0.0375 e. The summed E-state index contributed by atoms with van der Waals surface area (Å²) in [6, 6.07) is 9.65. The first-order valence-corrected chi connectivity index (χ1v) is 7.23. The SMILES string of the molecule is CCCc1ccccc1NC(C1CC1)C1CC1. The summed E-state index contributed by atoms with van der Waals surface area (Å²) in [6.07, 6.45) is 8.23. The zero-order chi connectivity index (χ0) is 11.7. The fourth-order valence-electron chi connectivity index (χ4n) is 2.86. The second-order valence-electron chi connectivity index (χ2n) is 5.75. The van der Waals surface area contributed by atoms with Gasteiger partial charge in [0.15, 0.2) is 0 Å². The van der Waals surface area contributed by atoms with E-state index >= 15 is 0 Å². The quantitative estimate of drug-likeness (QED) is 0.769. The number of para-hydroxylation sites is 1. The van der Waals surface area contributed by atoms with Gasteiger partial charge in [0, 0.05) is 11.7 Å². The highest BCUT2D eigenvalue weighted by Crippen LogP contribution is 2.46. The van der Waals surface area contributed by atoms with Gasteiger partial charge >= 0.3 is 0 Å². The van der Waals surface area contributed by atoms with Gasteiger partial charge in [-0.3, -0.25) is 0 Å². The molecule has 1 heteroatoms. The Morgan fingerprint density at radius 1 is 1.12 bits per heavy atom. The molecule has 0 amide bonds. The zero-order valence-electron chi connectivity index (χ0n) is 10.8. The number of hydrogen-bond donors (Lipinski definition) is 1.